The van der Waals surface area contributed by atoms with E-state index in [0.29, 0.717) is 0 Å². The molecule has 0 unspecified atom stereocenters. The first-order valence-corrected chi connectivity index (χ1v) is 5.34. The van der Waals surface area contributed by atoms with Gasteiger partial charge >= 0.3 is 0 Å². The van der Waals surface area contributed by atoms with E-state index in [-0.39, 0.29) is 0 Å². The first-order chi connectivity index (χ1) is 8.20. The second-order valence-corrected chi connectivity index (χ2v) is 3.89. The highest BCUT2D eigenvalue weighted by Crippen LogP contribution is 2.23. The van der Waals surface area contributed by atoms with E-state index in [0.717, 1.165) is 22.8 Å². The zero-order valence-corrected chi connectivity index (χ0v) is 10.2. The number of hydrogen-bond donors (Lipinski definition) is 0. The Balaban J connectivity index is 2.41. The number of nitrogens with zero attached hydrogens (tertiary/aromatic N) is 3. The Morgan fingerprint density at radius 1 is 1.12 bits per heavy atom. The molecule has 0 radical (unpaired) electrons. The van der Waals surface area contributed by atoms with Crippen LogP contribution in [0.2, 0.25) is 0 Å². The van der Waals surface area contributed by atoms with Crippen molar-refractivity contribution in [3.63, 3.8) is 0 Å². The fourth-order valence-corrected chi connectivity index (χ4v) is 1.53. The molecular formula is C13H15N3O. The van der Waals surface area contributed by atoms with Crippen LogP contribution in [-0.4, -0.2) is 31.2 Å². The van der Waals surface area contributed by atoms with E-state index in [1.807, 2.05) is 49.3 Å². The van der Waals surface area contributed by atoms with Crippen LogP contribution in [0.15, 0.2) is 36.7 Å². The number of benzene rings is 1. The van der Waals surface area contributed by atoms with E-state index in [1.165, 1.54) is 0 Å². The smallest absolute Gasteiger partial charge is 0.132 e. The summed E-state index contributed by atoms with van der Waals surface area (Å²) in [4.78, 5) is 10.4. The maximum Gasteiger partial charge on any atom is 0.132 e. The molecule has 4 nitrogen and oxygen atoms in total. The van der Waals surface area contributed by atoms with Gasteiger partial charge < -0.3 is 9.64 Å². The molecule has 0 fully saturated rings. The summed E-state index contributed by atoms with van der Waals surface area (Å²) in [5, 5.41) is 0. The second kappa shape index (κ2) is 4.82. The number of methoxy groups -OCH3 is 1. The van der Waals surface area contributed by atoms with Crippen LogP contribution in [0.5, 0.6) is 5.75 Å². The fraction of sp³-hybridized carbons (Fsp3) is 0.231. The van der Waals surface area contributed by atoms with Crippen molar-refractivity contribution in [1.82, 2.24) is 9.97 Å². The van der Waals surface area contributed by atoms with Gasteiger partial charge in [0.1, 0.15) is 17.9 Å². The molecule has 0 amide bonds. The predicted octanol–water partition coefficient (Wildman–Crippen LogP) is 2.22. The zero-order chi connectivity index (χ0) is 12.3. The molecule has 0 aliphatic rings. The number of ether oxygens (including phenoxy) is 1. The number of hydrogen-bond acceptors (Lipinski definition) is 4. The lowest BCUT2D eigenvalue weighted by atomic mass is 10.1. The third-order valence-corrected chi connectivity index (χ3v) is 2.48. The van der Waals surface area contributed by atoms with Crippen LogP contribution in [0.3, 0.4) is 0 Å². The minimum atomic E-state index is 0.826. The second-order valence-electron chi connectivity index (χ2n) is 3.89. The minimum absolute atomic E-state index is 0.826. The average molecular weight is 229 g/mol. The predicted molar refractivity (Wildman–Crippen MR) is 68.3 cm³/mol. The largest absolute Gasteiger partial charge is 0.497 e. The van der Waals surface area contributed by atoms with Gasteiger partial charge in [0.25, 0.3) is 0 Å². The molecule has 2 rings (SSSR count). The molecule has 0 spiro atoms. The number of rotatable bonds is 3. The third kappa shape index (κ3) is 2.53. The van der Waals surface area contributed by atoms with Gasteiger partial charge in [-0.3, -0.25) is 0 Å². The van der Waals surface area contributed by atoms with Gasteiger partial charge in [-0.1, -0.05) is 12.1 Å². The van der Waals surface area contributed by atoms with Gasteiger partial charge in [-0.05, 0) is 12.1 Å². The number of anilines is 1. The summed E-state index contributed by atoms with van der Waals surface area (Å²) in [6.07, 6.45) is 1.57. The summed E-state index contributed by atoms with van der Waals surface area (Å²) in [6, 6.07) is 9.78. The van der Waals surface area contributed by atoms with Gasteiger partial charge in [0, 0.05) is 25.7 Å². The molecular weight excluding hydrogens is 214 g/mol. The van der Waals surface area contributed by atoms with Crippen molar-refractivity contribution in [1.29, 1.82) is 0 Å². The summed E-state index contributed by atoms with van der Waals surface area (Å²) in [7, 11) is 5.57. The highest BCUT2D eigenvalue weighted by atomic mass is 16.5. The Morgan fingerprint density at radius 3 is 2.65 bits per heavy atom. The molecule has 1 aromatic heterocycles. The molecule has 0 aliphatic heterocycles. The first-order valence-electron chi connectivity index (χ1n) is 5.34. The van der Waals surface area contributed by atoms with Crippen molar-refractivity contribution in [3.05, 3.63) is 36.7 Å². The van der Waals surface area contributed by atoms with Gasteiger partial charge in [-0.15, -0.1) is 0 Å². The van der Waals surface area contributed by atoms with Crippen LogP contribution in [-0.2, 0) is 0 Å². The maximum absolute atomic E-state index is 5.20. The standard InChI is InChI=1S/C13H15N3O/c1-16(2)13-8-12(14-9-15-13)10-5-4-6-11(7-10)17-3/h4-9H,1-3H3. The zero-order valence-electron chi connectivity index (χ0n) is 10.2. The van der Waals surface area contributed by atoms with Crippen molar-refractivity contribution in [2.75, 3.05) is 26.1 Å². The molecule has 0 aliphatic carbocycles. The van der Waals surface area contributed by atoms with E-state index in [1.54, 1.807) is 13.4 Å². The molecule has 17 heavy (non-hydrogen) atoms. The lowest BCUT2D eigenvalue weighted by Gasteiger charge is -2.11. The topological polar surface area (TPSA) is 38.2 Å². The highest BCUT2D eigenvalue weighted by molar-refractivity contribution is 5.63. The van der Waals surface area contributed by atoms with Gasteiger partial charge in [-0.2, -0.15) is 0 Å². The van der Waals surface area contributed by atoms with Crippen molar-refractivity contribution < 1.29 is 4.74 Å². The van der Waals surface area contributed by atoms with E-state index in [2.05, 4.69) is 9.97 Å². The van der Waals surface area contributed by atoms with E-state index in [9.17, 15) is 0 Å². The molecule has 2 aromatic rings. The molecule has 0 saturated heterocycles. The average Bonchev–Trinajstić information content (AvgIpc) is 2.39. The molecule has 0 saturated carbocycles. The molecule has 0 N–H and O–H groups in total. The van der Waals surface area contributed by atoms with E-state index in [4.69, 9.17) is 4.74 Å². The Morgan fingerprint density at radius 2 is 1.94 bits per heavy atom. The monoisotopic (exact) mass is 229 g/mol. The maximum atomic E-state index is 5.20. The van der Waals surface area contributed by atoms with Gasteiger partial charge in [0.05, 0.1) is 12.8 Å². The van der Waals surface area contributed by atoms with Crippen LogP contribution in [0, 0.1) is 0 Å². The summed E-state index contributed by atoms with van der Waals surface area (Å²) in [5.41, 5.74) is 1.91. The Hall–Kier alpha value is -2.10. The van der Waals surface area contributed by atoms with Crippen LogP contribution in [0.4, 0.5) is 5.82 Å². The van der Waals surface area contributed by atoms with Crippen molar-refractivity contribution in [2.45, 2.75) is 0 Å². The van der Waals surface area contributed by atoms with Crippen molar-refractivity contribution >= 4 is 5.82 Å². The molecule has 88 valence electrons. The first kappa shape index (κ1) is 11.4. The molecule has 1 heterocycles. The van der Waals surface area contributed by atoms with Crippen molar-refractivity contribution in [3.8, 4) is 17.0 Å². The molecule has 1 aromatic carbocycles. The summed E-state index contributed by atoms with van der Waals surface area (Å²) in [6.45, 7) is 0. The van der Waals surface area contributed by atoms with E-state index < -0.39 is 0 Å². The fourth-order valence-electron chi connectivity index (χ4n) is 1.53. The quantitative estimate of drug-likeness (QED) is 0.809. The minimum Gasteiger partial charge on any atom is -0.497 e. The summed E-state index contributed by atoms with van der Waals surface area (Å²) in [5.74, 6) is 1.71. The van der Waals surface area contributed by atoms with Crippen LogP contribution in [0.1, 0.15) is 0 Å². The van der Waals surface area contributed by atoms with Crippen molar-refractivity contribution in [2.24, 2.45) is 0 Å². The van der Waals surface area contributed by atoms with Crippen LogP contribution >= 0.6 is 0 Å². The normalized spacial score (nSPS) is 10.1. The molecule has 0 atom stereocenters. The lowest BCUT2D eigenvalue weighted by Crippen LogP contribution is -2.10. The van der Waals surface area contributed by atoms with E-state index >= 15 is 0 Å². The Labute approximate surface area is 101 Å². The Bertz CT molecular complexity index is 512. The van der Waals surface area contributed by atoms with Gasteiger partial charge in [0.2, 0.25) is 0 Å². The molecule has 0 bridgehead atoms. The molecule has 4 heteroatoms. The Kier molecular flexibility index (Phi) is 3.23. The van der Waals surface area contributed by atoms with Crippen LogP contribution < -0.4 is 9.64 Å². The van der Waals surface area contributed by atoms with Crippen LogP contribution in [0.25, 0.3) is 11.3 Å². The highest BCUT2D eigenvalue weighted by Gasteiger charge is 2.04. The summed E-state index contributed by atoms with van der Waals surface area (Å²) < 4.78 is 5.20. The third-order valence-electron chi connectivity index (χ3n) is 2.48. The SMILES string of the molecule is COc1cccc(-c2cc(N(C)C)ncn2)c1. The van der Waals surface area contributed by atoms with Gasteiger partial charge in [0.15, 0.2) is 0 Å². The lowest BCUT2D eigenvalue weighted by molar-refractivity contribution is 0.415. The number of aromatic nitrogens is 2. The van der Waals surface area contributed by atoms with Gasteiger partial charge in [-0.25, -0.2) is 9.97 Å². The summed E-state index contributed by atoms with van der Waals surface area (Å²) >= 11 is 0.